The zero-order valence-corrected chi connectivity index (χ0v) is 14.7. The maximum absolute atomic E-state index is 12.5. The lowest BCUT2D eigenvalue weighted by Gasteiger charge is -2.13. The van der Waals surface area contributed by atoms with Crippen LogP contribution in [0.15, 0.2) is 47.6 Å². The molecule has 2 rings (SSSR count). The molecule has 0 heterocycles. The lowest BCUT2D eigenvalue weighted by atomic mass is 10.1. The minimum atomic E-state index is -0.428. The van der Waals surface area contributed by atoms with Gasteiger partial charge in [-0.15, -0.1) is 0 Å². The molecule has 0 bridgehead atoms. The molecule has 0 spiro atoms. The predicted octanol–water partition coefficient (Wildman–Crippen LogP) is 4.17. The summed E-state index contributed by atoms with van der Waals surface area (Å²) in [5.74, 6) is -0.0625. The molecule has 3 nitrogen and oxygen atoms in total. The number of ether oxygens (including phenoxy) is 1. The molecule has 3 unspecified atom stereocenters. The molecule has 0 amide bonds. The van der Waals surface area contributed by atoms with Gasteiger partial charge in [-0.1, -0.05) is 50.3 Å². The molecule has 1 saturated carbocycles. The lowest BCUT2D eigenvalue weighted by molar-refractivity contribution is -0.150. The Hall–Kier alpha value is -1.90. The largest absolute Gasteiger partial charge is 0.457 e. The third kappa shape index (κ3) is 3.39. The normalized spacial score (nSPS) is 28.9. The van der Waals surface area contributed by atoms with Crippen LogP contribution in [0.5, 0.6) is 0 Å². The van der Waals surface area contributed by atoms with Gasteiger partial charge < -0.3 is 4.74 Å². The number of hydrogen-bond donors (Lipinski definition) is 0. The Bertz CT molecular complexity index is 627. The van der Waals surface area contributed by atoms with Gasteiger partial charge in [-0.05, 0) is 37.7 Å². The molecule has 3 atom stereocenters. The van der Waals surface area contributed by atoms with Crippen LogP contribution in [0.3, 0.4) is 0 Å². The first kappa shape index (κ1) is 17.5. The fourth-order valence-electron chi connectivity index (χ4n) is 3.36. The first-order valence-corrected chi connectivity index (χ1v) is 8.08. The summed E-state index contributed by atoms with van der Waals surface area (Å²) in [6.45, 7) is 13.7. The number of esters is 1. The van der Waals surface area contributed by atoms with E-state index in [1.54, 1.807) is 18.2 Å². The Morgan fingerprint density at radius 2 is 2.00 bits per heavy atom. The highest BCUT2D eigenvalue weighted by atomic mass is 16.5. The average Bonchev–Trinajstić information content (AvgIpc) is 2.86. The van der Waals surface area contributed by atoms with E-state index in [4.69, 9.17) is 4.74 Å². The van der Waals surface area contributed by atoms with Crippen molar-refractivity contribution in [2.24, 2.45) is 17.3 Å². The molecule has 2 aliphatic carbocycles. The second kappa shape index (κ2) is 6.31. The van der Waals surface area contributed by atoms with Crippen LogP contribution in [0.25, 0.3) is 0 Å². The Balaban J connectivity index is 2.09. The third-order valence-electron chi connectivity index (χ3n) is 4.91. The Kier molecular flexibility index (Phi) is 4.79. The summed E-state index contributed by atoms with van der Waals surface area (Å²) in [6, 6.07) is 0. The monoisotopic (exact) mass is 314 g/mol. The van der Waals surface area contributed by atoms with Crippen LogP contribution in [0.4, 0.5) is 0 Å². The van der Waals surface area contributed by atoms with Crippen molar-refractivity contribution in [3.8, 4) is 0 Å². The van der Waals surface area contributed by atoms with Crippen molar-refractivity contribution in [2.75, 3.05) is 0 Å². The number of allylic oxidation sites excluding steroid dienone is 6. The van der Waals surface area contributed by atoms with E-state index in [1.165, 1.54) is 5.57 Å². The highest BCUT2D eigenvalue weighted by Gasteiger charge is 2.61. The molecular weight excluding hydrogens is 288 g/mol. The molecule has 0 aromatic carbocycles. The zero-order chi connectivity index (χ0) is 17.4. The molecule has 3 heteroatoms. The summed E-state index contributed by atoms with van der Waals surface area (Å²) in [6.07, 6.45) is 7.06. The van der Waals surface area contributed by atoms with Gasteiger partial charge >= 0.3 is 5.97 Å². The van der Waals surface area contributed by atoms with Crippen LogP contribution >= 0.6 is 0 Å². The summed E-state index contributed by atoms with van der Waals surface area (Å²) < 4.78 is 5.67. The SMILES string of the molecule is C=C/C=C/C1=C(C)C(OC(=O)C2C(C=C(C)C)C2(C)C)CC1=O. The van der Waals surface area contributed by atoms with E-state index >= 15 is 0 Å². The van der Waals surface area contributed by atoms with Crippen molar-refractivity contribution >= 4 is 11.8 Å². The van der Waals surface area contributed by atoms with Crippen molar-refractivity contribution in [2.45, 2.75) is 47.1 Å². The standard InChI is InChI=1S/C20H26O3/c1-7-8-9-14-13(4)17(11-16(14)21)23-19(22)18-15(10-12(2)3)20(18,5)6/h7-10,15,17-18H,1,11H2,2-6H3/b9-8+. The van der Waals surface area contributed by atoms with Gasteiger partial charge in [-0.2, -0.15) is 0 Å². The number of Topliss-reactive ketones (excluding diaryl/α,β-unsaturated/α-hetero) is 1. The molecule has 124 valence electrons. The van der Waals surface area contributed by atoms with E-state index in [0.29, 0.717) is 5.57 Å². The second-order valence-electron chi connectivity index (χ2n) is 7.31. The number of hydrogen-bond acceptors (Lipinski definition) is 3. The molecule has 0 aromatic rings. The summed E-state index contributed by atoms with van der Waals surface area (Å²) >= 11 is 0. The molecule has 2 aliphatic rings. The molecule has 0 radical (unpaired) electrons. The number of ketones is 1. The highest BCUT2D eigenvalue weighted by molar-refractivity contribution is 6.02. The van der Waals surface area contributed by atoms with Gasteiger partial charge in [0.25, 0.3) is 0 Å². The summed E-state index contributed by atoms with van der Waals surface area (Å²) in [5, 5.41) is 0. The van der Waals surface area contributed by atoms with E-state index in [9.17, 15) is 9.59 Å². The van der Waals surface area contributed by atoms with Crippen LogP contribution in [-0.4, -0.2) is 17.9 Å². The van der Waals surface area contributed by atoms with Gasteiger partial charge in [0, 0.05) is 5.57 Å². The van der Waals surface area contributed by atoms with Crippen molar-refractivity contribution in [1.29, 1.82) is 0 Å². The minimum Gasteiger partial charge on any atom is -0.457 e. The maximum Gasteiger partial charge on any atom is 0.310 e. The molecule has 0 N–H and O–H groups in total. The van der Waals surface area contributed by atoms with Gasteiger partial charge in [-0.25, -0.2) is 0 Å². The molecule has 0 aromatic heterocycles. The molecule has 0 aliphatic heterocycles. The van der Waals surface area contributed by atoms with Gasteiger partial charge in [0.15, 0.2) is 5.78 Å². The second-order valence-corrected chi connectivity index (χ2v) is 7.31. The van der Waals surface area contributed by atoms with E-state index in [-0.39, 0.29) is 35.4 Å². The highest BCUT2D eigenvalue weighted by Crippen LogP contribution is 2.60. The summed E-state index contributed by atoms with van der Waals surface area (Å²) in [7, 11) is 0. The van der Waals surface area contributed by atoms with E-state index in [0.717, 1.165) is 5.57 Å². The van der Waals surface area contributed by atoms with Gasteiger partial charge in [0.1, 0.15) is 6.10 Å². The minimum absolute atomic E-state index is 0.0225. The van der Waals surface area contributed by atoms with Gasteiger partial charge in [-0.3, -0.25) is 9.59 Å². The van der Waals surface area contributed by atoms with Crippen LogP contribution in [0.1, 0.15) is 41.0 Å². The van der Waals surface area contributed by atoms with Crippen LogP contribution in [0.2, 0.25) is 0 Å². The molecular formula is C20H26O3. The summed E-state index contributed by atoms with van der Waals surface area (Å²) in [4.78, 5) is 24.6. The van der Waals surface area contributed by atoms with E-state index < -0.39 is 6.10 Å². The van der Waals surface area contributed by atoms with Crippen LogP contribution in [0, 0.1) is 17.3 Å². The predicted molar refractivity (Wildman–Crippen MR) is 91.7 cm³/mol. The van der Waals surface area contributed by atoms with Crippen LogP contribution in [-0.2, 0) is 14.3 Å². The Morgan fingerprint density at radius 1 is 1.35 bits per heavy atom. The quantitative estimate of drug-likeness (QED) is 0.434. The number of rotatable bonds is 5. The van der Waals surface area contributed by atoms with Crippen LogP contribution < -0.4 is 0 Å². The average molecular weight is 314 g/mol. The smallest absolute Gasteiger partial charge is 0.310 e. The van der Waals surface area contributed by atoms with Gasteiger partial charge in [0.2, 0.25) is 0 Å². The first-order chi connectivity index (χ1) is 10.7. The van der Waals surface area contributed by atoms with Crippen molar-refractivity contribution < 1.29 is 14.3 Å². The fourth-order valence-corrected chi connectivity index (χ4v) is 3.36. The van der Waals surface area contributed by atoms with Crippen molar-refractivity contribution in [3.63, 3.8) is 0 Å². The molecule has 0 saturated heterocycles. The topological polar surface area (TPSA) is 43.4 Å². The fraction of sp³-hybridized carbons (Fsp3) is 0.500. The Morgan fingerprint density at radius 3 is 2.57 bits per heavy atom. The Labute approximate surface area is 138 Å². The first-order valence-electron chi connectivity index (χ1n) is 8.08. The zero-order valence-electron chi connectivity index (χ0n) is 14.7. The third-order valence-corrected chi connectivity index (χ3v) is 4.91. The van der Waals surface area contributed by atoms with Crippen molar-refractivity contribution in [3.05, 3.63) is 47.6 Å². The number of carbonyl (C=O) groups excluding carboxylic acids is 2. The summed E-state index contributed by atoms with van der Waals surface area (Å²) in [5.41, 5.74) is 2.61. The number of carbonyl (C=O) groups is 2. The molecule has 23 heavy (non-hydrogen) atoms. The van der Waals surface area contributed by atoms with Gasteiger partial charge in [0.05, 0.1) is 12.3 Å². The van der Waals surface area contributed by atoms with Crippen molar-refractivity contribution in [1.82, 2.24) is 0 Å². The van der Waals surface area contributed by atoms with E-state index in [1.807, 2.05) is 20.8 Å². The maximum atomic E-state index is 12.5. The van der Waals surface area contributed by atoms with E-state index in [2.05, 4.69) is 26.5 Å². The lowest BCUT2D eigenvalue weighted by Crippen LogP contribution is -2.20. The molecule has 1 fully saturated rings.